The predicted molar refractivity (Wildman–Crippen MR) is 204 cm³/mol. The Morgan fingerprint density at radius 3 is 2.07 bits per heavy atom. The molecular formula is C35H60N12O9. The maximum absolute atomic E-state index is 13.9. The molecule has 1 saturated heterocycles. The lowest BCUT2D eigenvalue weighted by Gasteiger charge is -2.30. The number of nitrogens with one attached hydrogen (secondary N) is 6. The van der Waals surface area contributed by atoms with Gasteiger partial charge in [0.15, 0.2) is 5.96 Å². The quantitative estimate of drug-likeness (QED) is 0.0298. The molecular weight excluding hydrogens is 732 g/mol. The van der Waals surface area contributed by atoms with E-state index in [1.807, 2.05) is 27.7 Å². The molecule has 21 heteroatoms. The monoisotopic (exact) mass is 792 g/mol. The van der Waals surface area contributed by atoms with Crippen LogP contribution in [0.4, 0.5) is 0 Å². The third-order valence-corrected chi connectivity index (χ3v) is 8.96. The number of aliphatic imine (C=N–C) groups is 1. The van der Waals surface area contributed by atoms with Gasteiger partial charge in [-0.15, -0.1) is 0 Å². The molecule has 1 aromatic heterocycles. The average molecular weight is 793 g/mol. The molecule has 1 aliphatic rings. The van der Waals surface area contributed by atoms with Crippen molar-refractivity contribution in [3.05, 3.63) is 18.2 Å². The van der Waals surface area contributed by atoms with Crippen LogP contribution in [-0.2, 0) is 40.0 Å². The molecule has 314 valence electrons. The molecule has 7 atom stereocenters. The standard InChI is InChI=1S/C35H60N12O9/c1-18(2)12-22(36)29(50)46-26(16-48)33(54)47-11-7-9-27(47)32(53)45-25(14-21-15-39-17-41-21)31(52)44-24(13-19(3)4)30(51)42-20(5)28(49)43-23(34(55)56)8-6-10-40-35(37)38/h15,17-20,22-27,48H,6-14,16,36H2,1-5H3,(H,39,41)(H,42,51)(H,43,49)(H,44,52)(H,45,53)(H,46,50)(H,55,56)(H4,37,38,40)/t20-,22-,23-,24-,25-,26-,27-/m0/s1. The number of hydrogen-bond acceptors (Lipinski definition) is 11. The highest BCUT2D eigenvalue weighted by Crippen LogP contribution is 2.19. The zero-order valence-electron chi connectivity index (χ0n) is 32.7. The summed E-state index contributed by atoms with van der Waals surface area (Å²) < 4.78 is 0. The lowest BCUT2D eigenvalue weighted by atomic mass is 10.0. The van der Waals surface area contributed by atoms with Gasteiger partial charge in [-0.1, -0.05) is 27.7 Å². The van der Waals surface area contributed by atoms with Crippen molar-refractivity contribution < 1.29 is 43.8 Å². The third kappa shape index (κ3) is 15.4. The average Bonchev–Trinajstić information content (AvgIpc) is 3.83. The van der Waals surface area contributed by atoms with E-state index in [2.05, 4.69) is 41.5 Å². The van der Waals surface area contributed by atoms with Gasteiger partial charge in [0.1, 0.15) is 36.3 Å². The van der Waals surface area contributed by atoms with Crippen LogP contribution in [0.3, 0.4) is 0 Å². The van der Waals surface area contributed by atoms with Crippen LogP contribution in [0, 0.1) is 11.8 Å². The Labute approximate surface area is 326 Å². The van der Waals surface area contributed by atoms with Crippen LogP contribution in [0.15, 0.2) is 17.5 Å². The van der Waals surface area contributed by atoms with E-state index in [9.17, 15) is 43.8 Å². The number of aromatic nitrogens is 2. The third-order valence-electron chi connectivity index (χ3n) is 8.96. The van der Waals surface area contributed by atoms with Gasteiger partial charge in [-0.25, -0.2) is 9.78 Å². The van der Waals surface area contributed by atoms with E-state index in [0.717, 1.165) is 0 Å². The van der Waals surface area contributed by atoms with Gasteiger partial charge in [0.25, 0.3) is 0 Å². The minimum absolute atomic E-state index is 0.0203. The molecule has 0 saturated carbocycles. The molecule has 6 amide bonds. The number of H-pyrrole nitrogens is 1. The second-order valence-corrected chi connectivity index (χ2v) is 14.8. The molecule has 56 heavy (non-hydrogen) atoms. The van der Waals surface area contributed by atoms with Crippen molar-refractivity contribution in [3.63, 3.8) is 0 Å². The summed E-state index contributed by atoms with van der Waals surface area (Å²) in [6.07, 6.45) is 4.23. The number of hydrogen-bond donors (Lipinski definition) is 11. The van der Waals surface area contributed by atoms with E-state index in [1.54, 1.807) is 0 Å². The molecule has 0 radical (unpaired) electrons. The van der Waals surface area contributed by atoms with Gasteiger partial charge < -0.3 is 63.9 Å². The summed E-state index contributed by atoms with van der Waals surface area (Å²) in [6.45, 7) is 8.36. The molecule has 1 aromatic rings. The fourth-order valence-corrected chi connectivity index (χ4v) is 6.09. The van der Waals surface area contributed by atoms with E-state index in [4.69, 9.17) is 17.2 Å². The molecule has 2 rings (SSSR count). The fraction of sp³-hybridized carbons (Fsp3) is 0.686. The fourth-order valence-electron chi connectivity index (χ4n) is 6.09. The largest absolute Gasteiger partial charge is 0.480 e. The van der Waals surface area contributed by atoms with E-state index < -0.39 is 90.3 Å². The second-order valence-electron chi connectivity index (χ2n) is 14.8. The SMILES string of the molecule is CC(C)C[C@H](NC(=O)[C@H](Cc1cnc[nH]1)NC(=O)[C@@H]1CCCN1C(=O)[C@H](CO)NC(=O)[C@@H](N)CC(C)C)C(=O)N[C@@H](C)C(=O)N[C@@H](CCCN=C(N)N)C(=O)O. The number of aromatic amines is 1. The van der Waals surface area contributed by atoms with Gasteiger partial charge in [-0.3, -0.25) is 33.8 Å². The van der Waals surface area contributed by atoms with Crippen LogP contribution in [-0.4, -0.2) is 134 Å². The highest BCUT2D eigenvalue weighted by Gasteiger charge is 2.40. The molecule has 0 unspecified atom stereocenters. The van der Waals surface area contributed by atoms with Crippen LogP contribution in [0.2, 0.25) is 0 Å². The van der Waals surface area contributed by atoms with Crippen molar-refractivity contribution in [1.29, 1.82) is 0 Å². The summed E-state index contributed by atoms with van der Waals surface area (Å²) in [5.74, 6) is -5.65. The minimum atomic E-state index is -1.34. The Balaban J connectivity index is 2.19. The van der Waals surface area contributed by atoms with Crippen LogP contribution in [0.1, 0.15) is 78.8 Å². The number of carboxylic acid groups (broad SMARTS) is 1. The first-order valence-electron chi connectivity index (χ1n) is 18.8. The van der Waals surface area contributed by atoms with Gasteiger partial charge in [0.2, 0.25) is 35.4 Å². The number of carboxylic acids is 1. The Bertz CT molecular complexity index is 1520. The van der Waals surface area contributed by atoms with Crippen molar-refractivity contribution in [1.82, 2.24) is 41.5 Å². The number of aliphatic hydroxyl groups is 1. The number of imidazole rings is 1. The molecule has 21 nitrogen and oxygen atoms in total. The number of amides is 6. The predicted octanol–water partition coefficient (Wildman–Crippen LogP) is -3.06. The van der Waals surface area contributed by atoms with Crippen LogP contribution >= 0.6 is 0 Å². The van der Waals surface area contributed by atoms with Crippen molar-refractivity contribution in [2.24, 2.45) is 34.0 Å². The van der Waals surface area contributed by atoms with Crippen LogP contribution < -0.4 is 43.8 Å². The number of aliphatic hydroxyl groups excluding tert-OH is 1. The highest BCUT2D eigenvalue weighted by molar-refractivity contribution is 5.97. The number of nitrogens with two attached hydrogens (primary N) is 3. The molecule has 0 aliphatic carbocycles. The van der Waals surface area contributed by atoms with Gasteiger partial charge in [-0.05, 0) is 57.3 Å². The zero-order chi connectivity index (χ0) is 42.1. The Hall–Kier alpha value is -5.31. The maximum atomic E-state index is 13.9. The molecule has 0 spiro atoms. The van der Waals surface area contributed by atoms with E-state index in [0.29, 0.717) is 18.5 Å². The molecule has 0 bridgehead atoms. The normalized spacial score (nSPS) is 17.2. The van der Waals surface area contributed by atoms with E-state index in [-0.39, 0.29) is 63.0 Å². The topological polar surface area (TPSA) is 342 Å². The molecule has 14 N–H and O–H groups in total. The van der Waals surface area contributed by atoms with Gasteiger partial charge in [0.05, 0.1) is 19.0 Å². The number of guanidine groups is 1. The Morgan fingerprint density at radius 2 is 1.50 bits per heavy atom. The van der Waals surface area contributed by atoms with Gasteiger partial charge in [-0.2, -0.15) is 0 Å². The second kappa shape index (κ2) is 22.9. The van der Waals surface area contributed by atoms with E-state index >= 15 is 0 Å². The zero-order valence-corrected chi connectivity index (χ0v) is 32.7. The van der Waals surface area contributed by atoms with Crippen molar-refractivity contribution in [2.45, 2.75) is 122 Å². The number of rotatable bonds is 23. The number of nitrogens with zero attached hydrogens (tertiary/aromatic N) is 3. The first-order valence-corrected chi connectivity index (χ1v) is 18.8. The summed E-state index contributed by atoms with van der Waals surface area (Å²) in [4.78, 5) is 104. The minimum Gasteiger partial charge on any atom is -0.480 e. The molecule has 0 aromatic carbocycles. The molecule has 2 heterocycles. The summed E-state index contributed by atoms with van der Waals surface area (Å²) >= 11 is 0. The molecule has 1 aliphatic heterocycles. The van der Waals surface area contributed by atoms with Crippen molar-refractivity contribution in [2.75, 3.05) is 19.7 Å². The van der Waals surface area contributed by atoms with Crippen LogP contribution in [0.5, 0.6) is 0 Å². The lowest BCUT2D eigenvalue weighted by molar-refractivity contribution is -0.143. The van der Waals surface area contributed by atoms with Gasteiger partial charge in [0, 0.05) is 31.4 Å². The number of aliphatic carboxylic acids is 1. The van der Waals surface area contributed by atoms with Crippen LogP contribution in [0.25, 0.3) is 0 Å². The summed E-state index contributed by atoms with van der Waals surface area (Å²) in [5, 5.41) is 32.4. The summed E-state index contributed by atoms with van der Waals surface area (Å²) in [7, 11) is 0. The summed E-state index contributed by atoms with van der Waals surface area (Å²) in [6, 6.07) is -8.19. The first-order chi connectivity index (χ1) is 26.3. The lowest BCUT2D eigenvalue weighted by Crippen LogP contribution is -2.60. The van der Waals surface area contributed by atoms with Crippen molar-refractivity contribution >= 4 is 47.4 Å². The maximum Gasteiger partial charge on any atom is 0.326 e. The Kier molecular flexibility index (Phi) is 19.2. The number of carbonyl (C=O) groups excluding carboxylic acids is 6. The van der Waals surface area contributed by atoms with E-state index in [1.165, 1.54) is 24.3 Å². The smallest absolute Gasteiger partial charge is 0.326 e. The summed E-state index contributed by atoms with van der Waals surface area (Å²) in [5.41, 5.74) is 17.0. The highest BCUT2D eigenvalue weighted by atomic mass is 16.4. The molecule has 1 fully saturated rings. The van der Waals surface area contributed by atoms with Crippen molar-refractivity contribution in [3.8, 4) is 0 Å². The van der Waals surface area contributed by atoms with Gasteiger partial charge >= 0.3 is 5.97 Å². The first kappa shape index (κ1) is 46.8. The number of carbonyl (C=O) groups is 7. The Morgan fingerprint density at radius 1 is 0.875 bits per heavy atom. The number of likely N-dealkylation sites (tertiary alicyclic amines) is 1.